The van der Waals surface area contributed by atoms with Crippen LogP contribution in [0, 0.1) is 17.8 Å². The number of rotatable bonds is 5. The summed E-state index contributed by atoms with van der Waals surface area (Å²) in [5.41, 5.74) is 0.263. The highest BCUT2D eigenvalue weighted by Gasteiger charge is 2.25. The molecule has 1 heterocycles. The van der Waals surface area contributed by atoms with Gasteiger partial charge in [0.2, 0.25) is 0 Å². The minimum atomic E-state index is 0.263. The van der Waals surface area contributed by atoms with Crippen molar-refractivity contribution in [3.8, 4) is 0 Å². The van der Waals surface area contributed by atoms with Gasteiger partial charge in [0.1, 0.15) is 0 Å². The molecule has 0 amide bonds. The molecular formula is C15H32N2. The minimum absolute atomic E-state index is 0.263. The van der Waals surface area contributed by atoms with Gasteiger partial charge >= 0.3 is 0 Å². The molecule has 1 aliphatic heterocycles. The van der Waals surface area contributed by atoms with Crippen molar-refractivity contribution in [1.82, 2.24) is 10.2 Å². The number of nitrogens with zero attached hydrogens (tertiary/aromatic N) is 1. The van der Waals surface area contributed by atoms with Crippen LogP contribution < -0.4 is 5.32 Å². The third kappa shape index (κ3) is 5.87. The summed E-state index contributed by atoms with van der Waals surface area (Å²) in [6.07, 6.45) is 1.37. The van der Waals surface area contributed by atoms with E-state index in [1.165, 1.54) is 32.6 Å². The summed E-state index contributed by atoms with van der Waals surface area (Å²) in [5.74, 6) is 2.49. The Bertz CT molecular complexity index is 217. The Morgan fingerprint density at radius 3 is 2.41 bits per heavy atom. The maximum Gasteiger partial charge on any atom is 0.00966 e. The van der Waals surface area contributed by atoms with Crippen molar-refractivity contribution in [3.63, 3.8) is 0 Å². The molecule has 0 saturated carbocycles. The van der Waals surface area contributed by atoms with E-state index in [9.17, 15) is 0 Å². The summed E-state index contributed by atoms with van der Waals surface area (Å²) in [4.78, 5) is 2.65. The Kier molecular flexibility index (Phi) is 5.46. The van der Waals surface area contributed by atoms with Crippen molar-refractivity contribution in [2.75, 3.05) is 26.2 Å². The first-order valence-corrected chi connectivity index (χ1v) is 7.25. The van der Waals surface area contributed by atoms with Gasteiger partial charge in [-0.3, -0.25) is 0 Å². The summed E-state index contributed by atoms with van der Waals surface area (Å²) in [5, 5.41) is 3.63. The zero-order valence-electron chi connectivity index (χ0n) is 12.7. The van der Waals surface area contributed by atoms with E-state index in [1.54, 1.807) is 0 Å². The first kappa shape index (κ1) is 15.0. The lowest BCUT2D eigenvalue weighted by atomic mass is 9.98. The first-order valence-electron chi connectivity index (χ1n) is 7.25. The van der Waals surface area contributed by atoms with Crippen LogP contribution in [0.5, 0.6) is 0 Å². The fourth-order valence-electron chi connectivity index (χ4n) is 2.31. The lowest BCUT2D eigenvalue weighted by Gasteiger charge is -2.25. The molecule has 1 N–H and O–H groups in total. The van der Waals surface area contributed by atoms with Crippen molar-refractivity contribution in [2.45, 2.75) is 53.5 Å². The molecule has 1 rings (SSSR count). The van der Waals surface area contributed by atoms with Crippen LogP contribution in [-0.2, 0) is 0 Å². The molecule has 1 fully saturated rings. The highest BCUT2D eigenvalue weighted by atomic mass is 15.2. The highest BCUT2D eigenvalue weighted by molar-refractivity contribution is 4.81. The summed E-state index contributed by atoms with van der Waals surface area (Å²) in [6.45, 7) is 18.8. The average molecular weight is 240 g/mol. The predicted octanol–water partition coefficient (Wildman–Crippen LogP) is 2.99. The molecule has 0 aromatic rings. The highest BCUT2D eigenvalue weighted by Crippen LogP contribution is 2.20. The largest absolute Gasteiger partial charge is 0.312 e. The van der Waals surface area contributed by atoms with E-state index in [1.807, 2.05) is 0 Å². The van der Waals surface area contributed by atoms with Gasteiger partial charge in [-0.1, -0.05) is 20.8 Å². The monoisotopic (exact) mass is 240 g/mol. The number of hydrogen-bond acceptors (Lipinski definition) is 2. The van der Waals surface area contributed by atoms with Crippen LogP contribution in [-0.4, -0.2) is 36.6 Å². The smallest absolute Gasteiger partial charge is 0.00966 e. The summed E-state index contributed by atoms with van der Waals surface area (Å²) in [6, 6.07) is 0. The SMILES string of the molecule is CC(C)C(C)CN1CCC(CNC(C)(C)C)C1. The van der Waals surface area contributed by atoms with Crippen LogP contribution in [0.25, 0.3) is 0 Å². The molecule has 0 aliphatic carbocycles. The van der Waals surface area contributed by atoms with Crippen LogP contribution in [0.3, 0.4) is 0 Å². The second-order valence-corrected chi connectivity index (χ2v) is 7.27. The Balaban J connectivity index is 2.23. The minimum Gasteiger partial charge on any atom is -0.312 e. The Labute approximate surface area is 108 Å². The van der Waals surface area contributed by atoms with Gasteiger partial charge < -0.3 is 10.2 Å². The van der Waals surface area contributed by atoms with Gasteiger partial charge in [-0.25, -0.2) is 0 Å². The second-order valence-electron chi connectivity index (χ2n) is 7.27. The van der Waals surface area contributed by atoms with Gasteiger partial charge in [0.05, 0.1) is 0 Å². The molecule has 0 aromatic heterocycles. The summed E-state index contributed by atoms with van der Waals surface area (Å²) in [7, 11) is 0. The third-order valence-electron chi connectivity index (χ3n) is 3.98. The van der Waals surface area contributed by atoms with Crippen LogP contribution >= 0.6 is 0 Å². The standard InChI is InChI=1S/C15H32N2/c1-12(2)13(3)10-17-8-7-14(11-17)9-16-15(4,5)6/h12-14,16H,7-11H2,1-6H3. The van der Waals surface area contributed by atoms with Gasteiger partial charge in [0.25, 0.3) is 0 Å². The molecule has 2 nitrogen and oxygen atoms in total. The second kappa shape index (κ2) is 6.19. The number of hydrogen-bond donors (Lipinski definition) is 1. The molecule has 2 heteroatoms. The molecule has 1 aliphatic rings. The van der Waals surface area contributed by atoms with Gasteiger partial charge in [0.15, 0.2) is 0 Å². The summed E-state index contributed by atoms with van der Waals surface area (Å²) >= 11 is 0. The zero-order valence-corrected chi connectivity index (χ0v) is 12.7. The number of nitrogens with one attached hydrogen (secondary N) is 1. The van der Waals surface area contributed by atoms with E-state index in [4.69, 9.17) is 0 Å². The van der Waals surface area contributed by atoms with Crippen LogP contribution in [0.1, 0.15) is 48.0 Å². The lowest BCUT2D eigenvalue weighted by molar-refractivity contribution is 0.240. The Morgan fingerprint density at radius 2 is 1.88 bits per heavy atom. The van der Waals surface area contributed by atoms with Crippen molar-refractivity contribution < 1.29 is 0 Å². The fraction of sp³-hybridized carbons (Fsp3) is 1.00. The predicted molar refractivity (Wildman–Crippen MR) is 76.3 cm³/mol. The van der Waals surface area contributed by atoms with Crippen molar-refractivity contribution in [3.05, 3.63) is 0 Å². The Morgan fingerprint density at radius 1 is 1.24 bits per heavy atom. The molecule has 0 spiro atoms. The Hall–Kier alpha value is -0.0800. The van der Waals surface area contributed by atoms with Gasteiger partial charge in [0, 0.05) is 18.6 Å². The molecular weight excluding hydrogens is 208 g/mol. The molecule has 0 aromatic carbocycles. The van der Waals surface area contributed by atoms with E-state index >= 15 is 0 Å². The fourth-order valence-corrected chi connectivity index (χ4v) is 2.31. The van der Waals surface area contributed by atoms with E-state index in [2.05, 4.69) is 51.8 Å². The zero-order chi connectivity index (χ0) is 13.1. The third-order valence-corrected chi connectivity index (χ3v) is 3.98. The number of likely N-dealkylation sites (tertiary alicyclic amines) is 1. The van der Waals surface area contributed by atoms with Crippen molar-refractivity contribution >= 4 is 0 Å². The van der Waals surface area contributed by atoms with Crippen LogP contribution in [0.4, 0.5) is 0 Å². The molecule has 0 bridgehead atoms. The molecule has 1 saturated heterocycles. The molecule has 102 valence electrons. The maximum atomic E-state index is 3.63. The van der Waals surface area contributed by atoms with Crippen molar-refractivity contribution in [2.24, 2.45) is 17.8 Å². The quantitative estimate of drug-likeness (QED) is 0.795. The van der Waals surface area contributed by atoms with E-state index in [0.717, 1.165) is 17.8 Å². The van der Waals surface area contributed by atoms with E-state index in [0.29, 0.717) is 0 Å². The topological polar surface area (TPSA) is 15.3 Å². The van der Waals surface area contributed by atoms with Gasteiger partial charge in [-0.05, 0) is 58.0 Å². The summed E-state index contributed by atoms with van der Waals surface area (Å²) < 4.78 is 0. The van der Waals surface area contributed by atoms with Crippen LogP contribution in [0.15, 0.2) is 0 Å². The molecule has 0 radical (unpaired) electrons. The van der Waals surface area contributed by atoms with Gasteiger partial charge in [-0.15, -0.1) is 0 Å². The van der Waals surface area contributed by atoms with Crippen molar-refractivity contribution in [1.29, 1.82) is 0 Å². The van der Waals surface area contributed by atoms with E-state index in [-0.39, 0.29) is 5.54 Å². The van der Waals surface area contributed by atoms with Gasteiger partial charge in [-0.2, -0.15) is 0 Å². The maximum absolute atomic E-state index is 3.63. The lowest BCUT2D eigenvalue weighted by Crippen LogP contribution is -2.40. The molecule has 2 unspecified atom stereocenters. The first-order chi connectivity index (χ1) is 7.78. The normalized spacial score (nSPS) is 24.5. The van der Waals surface area contributed by atoms with E-state index < -0.39 is 0 Å². The molecule has 17 heavy (non-hydrogen) atoms. The van der Waals surface area contributed by atoms with Crippen LogP contribution in [0.2, 0.25) is 0 Å². The average Bonchev–Trinajstić information content (AvgIpc) is 2.61. The molecule has 2 atom stereocenters.